The number of nitrogens with zero attached hydrogens (tertiary/aromatic N) is 2. The number of ether oxygens (including phenoxy) is 1. The number of benzene rings is 2. The molecule has 1 unspecified atom stereocenters. The van der Waals surface area contributed by atoms with E-state index < -0.39 is 0 Å². The highest BCUT2D eigenvalue weighted by molar-refractivity contribution is 6.33. The molecule has 2 aromatic rings. The number of aliphatic imine (C=N–C) groups is 1. The van der Waals surface area contributed by atoms with Crippen LogP contribution in [-0.4, -0.2) is 50.6 Å². The molecule has 0 aromatic heterocycles. The molecular weight excluding hydrogens is 400 g/mol. The highest BCUT2D eigenvalue weighted by atomic mass is 35.5. The molecule has 1 aliphatic heterocycles. The summed E-state index contributed by atoms with van der Waals surface area (Å²) >= 11 is 6.18. The maximum Gasteiger partial charge on any atom is 0.226 e. The molecule has 0 saturated carbocycles. The molecular formula is C23H29ClN4O2. The number of anilines is 1. The normalized spacial score (nSPS) is 16.5. The fourth-order valence-electron chi connectivity index (χ4n) is 3.66. The van der Waals surface area contributed by atoms with Crippen molar-refractivity contribution in [2.24, 2.45) is 4.99 Å². The molecule has 6 nitrogen and oxygen atoms in total. The van der Waals surface area contributed by atoms with Crippen molar-refractivity contribution >= 4 is 29.2 Å². The van der Waals surface area contributed by atoms with Gasteiger partial charge >= 0.3 is 0 Å². The number of amides is 1. The number of nitrogens with one attached hydrogen (secondary N) is 2. The molecule has 3 rings (SSSR count). The molecule has 160 valence electrons. The number of methoxy groups -OCH3 is 1. The topological polar surface area (TPSA) is 66.0 Å². The number of carbonyl (C=O) groups excluding carboxylic acids is 1. The van der Waals surface area contributed by atoms with Crippen LogP contribution in [0.15, 0.2) is 47.5 Å². The highest BCUT2D eigenvalue weighted by Gasteiger charge is 2.26. The maximum absolute atomic E-state index is 12.3. The van der Waals surface area contributed by atoms with Crippen molar-refractivity contribution in [2.75, 3.05) is 39.1 Å². The first-order valence-corrected chi connectivity index (χ1v) is 10.5. The fraction of sp³-hybridized carbons (Fsp3) is 0.391. The second-order valence-electron chi connectivity index (χ2n) is 7.46. The van der Waals surface area contributed by atoms with Gasteiger partial charge in [0.15, 0.2) is 5.96 Å². The second-order valence-corrected chi connectivity index (χ2v) is 7.87. The van der Waals surface area contributed by atoms with Crippen molar-refractivity contribution in [3.05, 3.63) is 58.6 Å². The van der Waals surface area contributed by atoms with E-state index in [4.69, 9.17) is 16.3 Å². The predicted molar refractivity (Wildman–Crippen MR) is 123 cm³/mol. The molecule has 1 aliphatic rings. The summed E-state index contributed by atoms with van der Waals surface area (Å²) in [6, 6.07) is 13.9. The number of halogens is 1. The number of carbonyl (C=O) groups is 1. The summed E-state index contributed by atoms with van der Waals surface area (Å²) in [5, 5.41) is 6.72. The smallest absolute Gasteiger partial charge is 0.226 e. The number of aryl methyl sites for hydroxylation is 1. The van der Waals surface area contributed by atoms with Gasteiger partial charge in [0, 0.05) is 39.0 Å². The maximum atomic E-state index is 12.3. The lowest BCUT2D eigenvalue weighted by Crippen LogP contribution is -2.41. The van der Waals surface area contributed by atoms with E-state index in [9.17, 15) is 4.79 Å². The van der Waals surface area contributed by atoms with Crippen LogP contribution in [0.1, 0.15) is 29.9 Å². The minimum absolute atomic E-state index is 0.0822. The monoisotopic (exact) mass is 428 g/mol. The molecule has 30 heavy (non-hydrogen) atoms. The van der Waals surface area contributed by atoms with Crippen LogP contribution in [0.4, 0.5) is 5.69 Å². The Labute approximate surface area is 183 Å². The fourth-order valence-corrected chi connectivity index (χ4v) is 3.94. The molecule has 1 heterocycles. The summed E-state index contributed by atoms with van der Waals surface area (Å²) in [5.41, 5.74) is 3.00. The molecule has 1 atom stereocenters. The largest absolute Gasteiger partial charge is 0.497 e. The Bertz CT molecular complexity index is 899. The summed E-state index contributed by atoms with van der Waals surface area (Å²) in [6.45, 7) is 4.30. The van der Waals surface area contributed by atoms with Crippen LogP contribution in [0, 0.1) is 6.92 Å². The SMILES string of the molecule is CN=C(NCCC(=O)Nc1ccc(C)cc1Cl)N1CCC(c2ccc(OC)cc2)C1. The van der Waals surface area contributed by atoms with Gasteiger partial charge in [-0.05, 0) is 48.7 Å². The van der Waals surface area contributed by atoms with E-state index in [2.05, 4.69) is 32.7 Å². The summed E-state index contributed by atoms with van der Waals surface area (Å²) in [7, 11) is 3.45. The number of hydrogen-bond acceptors (Lipinski definition) is 3. The van der Waals surface area contributed by atoms with E-state index in [1.807, 2.05) is 37.3 Å². The third-order valence-corrected chi connectivity index (χ3v) is 5.63. The van der Waals surface area contributed by atoms with E-state index in [0.717, 1.165) is 36.8 Å². The lowest BCUT2D eigenvalue weighted by Gasteiger charge is -2.22. The Hall–Kier alpha value is -2.73. The van der Waals surface area contributed by atoms with Crippen molar-refractivity contribution in [2.45, 2.75) is 25.7 Å². The molecule has 0 bridgehead atoms. The molecule has 0 spiro atoms. The molecule has 0 aliphatic carbocycles. The minimum Gasteiger partial charge on any atom is -0.497 e. The highest BCUT2D eigenvalue weighted by Crippen LogP contribution is 2.28. The van der Waals surface area contributed by atoms with Crippen molar-refractivity contribution < 1.29 is 9.53 Å². The van der Waals surface area contributed by atoms with Crippen LogP contribution in [-0.2, 0) is 4.79 Å². The van der Waals surface area contributed by atoms with E-state index >= 15 is 0 Å². The van der Waals surface area contributed by atoms with E-state index in [0.29, 0.717) is 29.6 Å². The Morgan fingerprint density at radius 3 is 2.70 bits per heavy atom. The average molecular weight is 429 g/mol. The average Bonchev–Trinajstić information content (AvgIpc) is 3.23. The van der Waals surface area contributed by atoms with Gasteiger partial charge in [-0.25, -0.2) is 0 Å². The second kappa shape index (κ2) is 10.3. The first kappa shape index (κ1) is 22.0. The van der Waals surface area contributed by atoms with Gasteiger partial charge in [0.25, 0.3) is 0 Å². The zero-order chi connectivity index (χ0) is 21.5. The Kier molecular flexibility index (Phi) is 7.57. The molecule has 2 aromatic carbocycles. The van der Waals surface area contributed by atoms with Crippen LogP contribution in [0.5, 0.6) is 5.75 Å². The van der Waals surface area contributed by atoms with Crippen LogP contribution in [0.25, 0.3) is 0 Å². The molecule has 7 heteroatoms. The van der Waals surface area contributed by atoms with E-state index in [1.165, 1.54) is 5.56 Å². The van der Waals surface area contributed by atoms with Crippen LogP contribution in [0.2, 0.25) is 5.02 Å². The van der Waals surface area contributed by atoms with Gasteiger partial charge < -0.3 is 20.3 Å². The number of likely N-dealkylation sites (tertiary alicyclic amines) is 1. The van der Waals surface area contributed by atoms with Crippen LogP contribution in [0.3, 0.4) is 0 Å². The van der Waals surface area contributed by atoms with Gasteiger partial charge in [0.2, 0.25) is 5.91 Å². The first-order chi connectivity index (χ1) is 14.5. The lowest BCUT2D eigenvalue weighted by atomic mass is 9.98. The van der Waals surface area contributed by atoms with E-state index in [-0.39, 0.29) is 5.91 Å². The molecule has 2 N–H and O–H groups in total. The summed E-state index contributed by atoms with van der Waals surface area (Å²) in [4.78, 5) is 18.9. The minimum atomic E-state index is -0.0822. The molecule has 1 amide bonds. The Morgan fingerprint density at radius 2 is 2.03 bits per heavy atom. The number of rotatable bonds is 6. The Balaban J connectivity index is 1.47. The van der Waals surface area contributed by atoms with Crippen molar-refractivity contribution in [3.63, 3.8) is 0 Å². The predicted octanol–water partition coefficient (Wildman–Crippen LogP) is 4.05. The first-order valence-electron chi connectivity index (χ1n) is 10.2. The Morgan fingerprint density at radius 1 is 1.27 bits per heavy atom. The van der Waals surface area contributed by atoms with Crippen LogP contribution >= 0.6 is 11.6 Å². The van der Waals surface area contributed by atoms with Gasteiger partial charge in [0.05, 0.1) is 17.8 Å². The van der Waals surface area contributed by atoms with Gasteiger partial charge in [-0.1, -0.05) is 29.8 Å². The third-order valence-electron chi connectivity index (χ3n) is 5.32. The van der Waals surface area contributed by atoms with Crippen molar-refractivity contribution in [1.82, 2.24) is 10.2 Å². The standard InChI is InChI=1S/C23H29ClN4O2/c1-16-4-9-21(20(24)14-16)27-22(29)10-12-26-23(25-2)28-13-11-18(15-28)17-5-7-19(30-3)8-6-17/h4-9,14,18H,10-13,15H2,1-3H3,(H,25,26)(H,27,29). The van der Waals surface area contributed by atoms with Crippen molar-refractivity contribution in [1.29, 1.82) is 0 Å². The van der Waals surface area contributed by atoms with Crippen molar-refractivity contribution in [3.8, 4) is 5.75 Å². The number of guanidine groups is 1. The summed E-state index contributed by atoms with van der Waals surface area (Å²) in [5.74, 6) is 2.08. The van der Waals surface area contributed by atoms with Gasteiger partial charge in [-0.15, -0.1) is 0 Å². The number of hydrogen-bond donors (Lipinski definition) is 2. The van der Waals surface area contributed by atoms with Crippen LogP contribution < -0.4 is 15.4 Å². The quantitative estimate of drug-likeness (QED) is 0.538. The van der Waals surface area contributed by atoms with Gasteiger partial charge in [0.1, 0.15) is 5.75 Å². The molecule has 1 saturated heterocycles. The zero-order valence-electron chi connectivity index (χ0n) is 17.7. The third kappa shape index (κ3) is 5.66. The molecule has 0 radical (unpaired) electrons. The zero-order valence-corrected chi connectivity index (χ0v) is 18.5. The van der Waals surface area contributed by atoms with Gasteiger partial charge in [-0.2, -0.15) is 0 Å². The summed E-state index contributed by atoms with van der Waals surface area (Å²) < 4.78 is 5.24. The van der Waals surface area contributed by atoms with Gasteiger partial charge in [-0.3, -0.25) is 9.79 Å². The molecule has 1 fully saturated rings. The summed E-state index contributed by atoms with van der Waals surface area (Å²) in [6.07, 6.45) is 1.40. The van der Waals surface area contributed by atoms with E-state index in [1.54, 1.807) is 14.2 Å². The lowest BCUT2D eigenvalue weighted by molar-refractivity contribution is -0.116.